The fraction of sp³-hybridized carbons (Fsp3) is 0.250. The van der Waals surface area contributed by atoms with Crippen LogP contribution in [0.3, 0.4) is 0 Å². The van der Waals surface area contributed by atoms with Gasteiger partial charge in [0, 0.05) is 29.9 Å². The zero-order valence-corrected chi connectivity index (χ0v) is 22.3. The van der Waals surface area contributed by atoms with Gasteiger partial charge in [-0.2, -0.15) is 4.31 Å². The summed E-state index contributed by atoms with van der Waals surface area (Å²) in [5.74, 6) is -1.05. The molecule has 1 heterocycles. The van der Waals surface area contributed by atoms with Crippen LogP contribution in [-0.4, -0.2) is 56.7 Å². The molecule has 1 aliphatic heterocycles. The Morgan fingerprint density at radius 2 is 1.67 bits per heavy atom. The number of carbonyl (C=O) groups is 2. The summed E-state index contributed by atoms with van der Waals surface area (Å²) in [5, 5.41) is 12.9. The van der Waals surface area contributed by atoms with E-state index in [9.17, 15) is 18.0 Å². The van der Waals surface area contributed by atoms with Crippen molar-refractivity contribution < 1.29 is 22.7 Å². The molecule has 0 saturated carbocycles. The molecule has 0 aliphatic carbocycles. The van der Waals surface area contributed by atoms with Gasteiger partial charge in [0.1, 0.15) is 12.3 Å². The van der Waals surface area contributed by atoms with Crippen LogP contribution in [0.15, 0.2) is 77.7 Å². The van der Waals surface area contributed by atoms with Gasteiger partial charge in [-0.1, -0.05) is 36.4 Å². The molecule has 0 radical (unpaired) electrons. The minimum atomic E-state index is -3.77. The van der Waals surface area contributed by atoms with Gasteiger partial charge in [0.15, 0.2) is 0 Å². The molecule has 0 spiro atoms. The minimum absolute atomic E-state index is 0.0802. The average Bonchev–Trinajstić information content (AvgIpc) is 2.93. The number of nitrogens with one attached hydrogen (secondary N) is 3. The Bertz CT molecular complexity index is 1450. The van der Waals surface area contributed by atoms with Gasteiger partial charge in [-0.25, -0.2) is 8.42 Å². The van der Waals surface area contributed by atoms with Gasteiger partial charge in [0.25, 0.3) is 0 Å². The van der Waals surface area contributed by atoms with Crippen molar-refractivity contribution in [1.82, 2.24) is 9.62 Å². The number of nitrogen functional groups attached to an aromatic ring is 1. The molecule has 1 unspecified atom stereocenters. The van der Waals surface area contributed by atoms with Crippen LogP contribution < -0.4 is 16.4 Å². The van der Waals surface area contributed by atoms with Crippen molar-refractivity contribution in [3.8, 4) is 11.1 Å². The lowest BCUT2D eigenvalue weighted by molar-refractivity contribution is -0.127. The van der Waals surface area contributed by atoms with Gasteiger partial charge in [-0.15, -0.1) is 0 Å². The van der Waals surface area contributed by atoms with Gasteiger partial charge in [-0.05, 0) is 54.4 Å². The minimum Gasteiger partial charge on any atom is -0.384 e. The van der Waals surface area contributed by atoms with E-state index in [-0.39, 0.29) is 23.8 Å². The van der Waals surface area contributed by atoms with E-state index >= 15 is 0 Å². The van der Waals surface area contributed by atoms with E-state index in [1.807, 2.05) is 30.3 Å². The maximum Gasteiger partial charge on any atom is 0.243 e. The number of nitrogens with zero attached hydrogens (tertiary/aromatic N) is 1. The van der Waals surface area contributed by atoms with Crippen molar-refractivity contribution in [2.24, 2.45) is 5.73 Å². The topological polar surface area (TPSA) is 155 Å². The van der Waals surface area contributed by atoms with Gasteiger partial charge in [0.2, 0.25) is 21.8 Å². The molecule has 3 aromatic rings. The molecule has 39 heavy (non-hydrogen) atoms. The highest BCUT2D eigenvalue weighted by Gasteiger charge is 2.29. The quantitative estimate of drug-likeness (QED) is 0.183. The van der Waals surface area contributed by atoms with Crippen LogP contribution in [-0.2, 0) is 24.3 Å². The number of carbonyl (C=O) groups excluding carboxylic acids is 2. The monoisotopic (exact) mass is 549 g/mol. The molecular formula is C28H31N5O5S. The molecule has 1 saturated heterocycles. The second-order valence-electron chi connectivity index (χ2n) is 9.14. The molecule has 2 amide bonds. The molecule has 3 aromatic carbocycles. The number of ether oxygens (including phenoxy) is 1. The van der Waals surface area contributed by atoms with E-state index in [0.717, 1.165) is 5.56 Å². The smallest absolute Gasteiger partial charge is 0.243 e. The Morgan fingerprint density at radius 1 is 1.00 bits per heavy atom. The highest BCUT2D eigenvalue weighted by Crippen LogP contribution is 2.32. The third-order valence-corrected chi connectivity index (χ3v) is 8.31. The number of nitrogens with two attached hydrogens (primary N) is 1. The first-order valence-corrected chi connectivity index (χ1v) is 13.9. The number of amidine groups is 1. The van der Waals surface area contributed by atoms with Crippen LogP contribution in [0.1, 0.15) is 30.5 Å². The van der Waals surface area contributed by atoms with Crippen molar-refractivity contribution >= 4 is 33.4 Å². The molecule has 11 heteroatoms. The largest absolute Gasteiger partial charge is 0.384 e. The number of amides is 2. The predicted molar refractivity (Wildman–Crippen MR) is 149 cm³/mol. The Morgan fingerprint density at radius 3 is 2.31 bits per heavy atom. The number of sulfonamides is 1. The first kappa shape index (κ1) is 28.0. The number of anilines is 1. The molecule has 1 atom stereocenters. The zero-order chi connectivity index (χ0) is 28.0. The lowest BCUT2D eigenvalue weighted by atomic mass is 10.00. The van der Waals surface area contributed by atoms with Crippen molar-refractivity contribution in [2.75, 3.05) is 31.6 Å². The van der Waals surface area contributed by atoms with E-state index < -0.39 is 34.3 Å². The van der Waals surface area contributed by atoms with Crippen molar-refractivity contribution in [2.45, 2.75) is 24.3 Å². The van der Waals surface area contributed by atoms with Gasteiger partial charge >= 0.3 is 0 Å². The van der Waals surface area contributed by atoms with E-state index in [2.05, 4.69) is 10.6 Å². The third-order valence-electron chi connectivity index (χ3n) is 6.35. The number of morpholine rings is 1. The highest BCUT2D eigenvalue weighted by molar-refractivity contribution is 7.89. The number of rotatable bonds is 9. The lowest BCUT2D eigenvalue weighted by Crippen LogP contribution is -2.40. The molecule has 5 N–H and O–H groups in total. The lowest BCUT2D eigenvalue weighted by Gasteiger charge is -2.27. The normalized spacial score (nSPS) is 14.8. The molecule has 1 aliphatic rings. The van der Waals surface area contributed by atoms with Crippen molar-refractivity contribution in [1.29, 1.82) is 5.41 Å². The maximum absolute atomic E-state index is 13.5. The van der Waals surface area contributed by atoms with E-state index in [4.69, 9.17) is 15.9 Å². The fourth-order valence-electron chi connectivity index (χ4n) is 4.27. The van der Waals surface area contributed by atoms with Crippen molar-refractivity contribution in [3.63, 3.8) is 0 Å². The second kappa shape index (κ2) is 12.2. The van der Waals surface area contributed by atoms with Crippen LogP contribution in [0, 0.1) is 5.41 Å². The summed E-state index contributed by atoms with van der Waals surface area (Å²) in [7, 11) is -3.77. The van der Waals surface area contributed by atoms with Crippen molar-refractivity contribution in [3.05, 3.63) is 83.9 Å². The molecular weight excluding hydrogens is 518 g/mol. The van der Waals surface area contributed by atoms with E-state index in [1.165, 1.54) is 4.31 Å². The summed E-state index contributed by atoms with van der Waals surface area (Å²) in [6.07, 6.45) is -0.395. The number of hydrogen-bond acceptors (Lipinski definition) is 6. The van der Waals surface area contributed by atoms with Gasteiger partial charge in [0.05, 0.1) is 24.2 Å². The third kappa shape index (κ3) is 6.88. The summed E-state index contributed by atoms with van der Waals surface area (Å²) >= 11 is 0. The summed E-state index contributed by atoms with van der Waals surface area (Å²) < 4.78 is 33.8. The molecule has 4 rings (SSSR count). The molecule has 204 valence electrons. The van der Waals surface area contributed by atoms with Crippen LogP contribution in [0.2, 0.25) is 0 Å². The van der Waals surface area contributed by atoms with E-state index in [1.54, 1.807) is 49.4 Å². The summed E-state index contributed by atoms with van der Waals surface area (Å²) in [6.45, 7) is 3.04. The van der Waals surface area contributed by atoms with Gasteiger partial charge in [-0.3, -0.25) is 15.0 Å². The maximum atomic E-state index is 13.5. The molecule has 10 nitrogen and oxygen atoms in total. The van der Waals surface area contributed by atoms with E-state index in [0.29, 0.717) is 35.6 Å². The average molecular weight is 550 g/mol. The first-order chi connectivity index (χ1) is 18.6. The Kier molecular flexibility index (Phi) is 8.75. The predicted octanol–water partition coefficient (Wildman–Crippen LogP) is 2.86. The molecule has 1 fully saturated rings. The SMILES string of the molecule is CC(NC(=O)CC(=O)Nc1ccc(C(=N)N)cc1)c1ccc(S(=O)(=O)N2CCOCC2)c(-c2ccccc2)c1. The van der Waals surface area contributed by atoms with Crippen LogP contribution in [0.25, 0.3) is 11.1 Å². The highest BCUT2D eigenvalue weighted by atomic mass is 32.2. The number of hydrogen-bond donors (Lipinski definition) is 4. The van der Waals surface area contributed by atoms with Crippen LogP contribution in [0.5, 0.6) is 0 Å². The van der Waals surface area contributed by atoms with Crippen LogP contribution in [0.4, 0.5) is 5.69 Å². The summed E-state index contributed by atoms with van der Waals surface area (Å²) in [4.78, 5) is 25.2. The summed E-state index contributed by atoms with van der Waals surface area (Å²) in [6, 6.07) is 20.2. The number of benzene rings is 3. The molecule has 0 bridgehead atoms. The fourth-order valence-corrected chi connectivity index (χ4v) is 5.87. The summed E-state index contributed by atoms with van der Waals surface area (Å²) in [5.41, 5.74) is 8.41. The Labute approximate surface area is 227 Å². The standard InChI is InChI=1S/C28H31N5O5S/c1-19(31-26(34)18-27(35)32-23-10-7-21(8-11-23)28(29)30)22-9-12-25(24(17-22)20-5-3-2-4-6-20)39(36,37)33-13-15-38-16-14-33/h2-12,17,19H,13-16,18H2,1H3,(H3,29,30)(H,31,34)(H,32,35). The zero-order valence-electron chi connectivity index (χ0n) is 21.5. The Hall–Kier alpha value is -4.06. The molecule has 0 aromatic heterocycles. The Balaban J connectivity index is 1.49. The van der Waals surface area contributed by atoms with Gasteiger partial charge < -0.3 is 21.1 Å². The second-order valence-corrected chi connectivity index (χ2v) is 11.0. The van der Waals surface area contributed by atoms with Crippen LogP contribution >= 0.6 is 0 Å². The first-order valence-electron chi connectivity index (χ1n) is 12.5.